The number of rotatable bonds is 7. The van der Waals surface area contributed by atoms with Gasteiger partial charge in [0.1, 0.15) is 0 Å². The van der Waals surface area contributed by atoms with Crippen LogP contribution in [0.25, 0.3) is 33.2 Å². The predicted molar refractivity (Wildman–Crippen MR) is 170 cm³/mol. The Morgan fingerprint density at radius 1 is 0.909 bits per heavy atom. The molecule has 3 aromatic heterocycles. The van der Waals surface area contributed by atoms with Gasteiger partial charge < -0.3 is 20.2 Å². The zero-order valence-electron chi connectivity index (χ0n) is 24.9. The van der Waals surface area contributed by atoms with E-state index in [1.165, 1.54) is 0 Å². The second kappa shape index (κ2) is 11.9. The molecule has 0 saturated heterocycles. The summed E-state index contributed by atoms with van der Waals surface area (Å²) in [6.07, 6.45) is 4.55. The van der Waals surface area contributed by atoms with Gasteiger partial charge in [-0.15, -0.1) is 33.8 Å². The molecular weight excluding hydrogens is 616 g/mol. The number of hydrogen-bond donors (Lipinski definition) is 2. The van der Waals surface area contributed by atoms with E-state index < -0.39 is 11.9 Å². The van der Waals surface area contributed by atoms with Crippen LogP contribution < -0.4 is 9.97 Å². The smallest absolute Gasteiger partial charge is 0.657 e. The number of carboxylic acids is 2. The molecule has 6 heterocycles. The van der Waals surface area contributed by atoms with Gasteiger partial charge in [-0.3, -0.25) is 14.6 Å². The van der Waals surface area contributed by atoms with Gasteiger partial charge in [-0.25, -0.2) is 4.98 Å². The molecule has 0 aromatic carbocycles. The van der Waals surface area contributed by atoms with Crippen molar-refractivity contribution in [2.45, 2.75) is 64.0 Å². The van der Waals surface area contributed by atoms with Crippen molar-refractivity contribution in [3.8, 4) is 0 Å². The minimum absolute atomic E-state index is 0. The summed E-state index contributed by atoms with van der Waals surface area (Å²) in [5.41, 5.74) is 11.5. The Morgan fingerprint density at radius 3 is 2.07 bits per heavy atom. The Kier molecular flexibility index (Phi) is 8.55. The average Bonchev–Trinajstić information content (AvgIpc) is 3.69. The van der Waals surface area contributed by atoms with Crippen LogP contribution in [-0.4, -0.2) is 32.1 Å². The van der Waals surface area contributed by atoms with Crippen LogP contribution in [0.3, 0.4) is 0 Å². The molecule has 3 aliphatic rings. The van der Waals surface area contributed by atoms with Gasteiger partial charge >= 0.3 is 29.0 Å². The van der Waals surface area contributed by atoms with Gasteiger partial charge in [0.2, 0.25) is 0 Å². The molecule has 0 saturated carbocycles. The number of hydrogen-bond acceptors (Lipinski definition) is 5. The molecule has 6 rings (SSSR count). The minimum atomic E-state index is -0.888. The molecule has 8 bridgehead atoms. The first kappa shape index (κ1) is 31.6. The summed E-state index contributed by atoms with van der Waals surface area (Å²) in [5, 5.41) is 21.1. The van der Waals surface area contributed by atoms with Crippen molar-refractivity contribution in [2.24, 2.45) is 0 Å². The van der Waals surface area contributed by atoms with Crippen molar-refractivity contribution < 1.29 is 36.9 Å². The Bertz CT molecular complexity index is 1950. The molecule has 8 nitrogen and oxygen atoms in total. The first-order chi connectivity index (χ1) is 20.5. The van der Waals surface area contributed by atoms with Crippen molar-refractivity contribution in [3.05, 3.63) is 93.4 Å². The Hall–Kier alpha value is -3.85. The van der Waals surface area contributed by atoms with Crippen LogP contribution in [0.5, 0.6) is 0 Å². The Balaban J connectivity index is 0.00000384. The maximum absolute atomic E-state index is 11.6. The van der Waals surface area contributed by atoms with E-state index in [-0.39, 0.29) is 40.6 Å². The van der Waals surface area contributed by atoms with Crippen molar-refractivity contribution in [1.82, 2.24) is 19.9 Å². The summed E-state index contributed by atoms with van der Waals surface area (Å²) < 4.78 is -0.298. The number of nitrogens with zero attached hydrogens (tertiary/aromatic N) is 4. The maximum atomic E-state index is 11.6. The number of fused-ring (bicyclic) bond motifs is 11. The topological polar surface area (TPSA) is 129 Å². The number of aryl methyl sites for hydroxylation is 4. The number of thioether (sulfide) groups is 1. The molecule has 0 spiro atoms. The van der Waals surface area contributed by atoms with Crippen LogP contribution in [0.15, 0.2) is 48.4 Å². The van der Waals surface area contributed by atoms with Gasteiger partial charge in [0.05, 0.1) is 21.8 Å². The molecule has 226 valence electrons. The number of allylic oxidation sites excluding steroid dienone is 4. The van der Waals surface area contributed by atoms with E-state index in [9.17, 15) is 19.8 Å². The normalized spacial score (nSPS) is 18.7. The molecule has 0 amide bonds. The van der Waals surface area contributed by atoms with Crippen LogP contribution in [0.4, 0.5) is 0 Å². The van der Waals surface area contributed by atoms with E-state index in [1.54, 1.807) is 11.8 Å². The molecule has 10 heteroatoms. The summed E-state index contributed by atoms with van der Waals surface area (Å²) in [4.78, 5) is 43.2. The second-order valence-corrected chi connectivity index (χ2v) is 12.8. The number of carbonyl (C=O) groups is 2. The molecular formula is C34H32FeN4O4S. The monoisotopic (exact) mass is 648 g/mol. The third kappa shape index (κ3) is 5.36. The van der Waals surface area contributed by atoms with Crippen molar-refractivity contribution in [1.29, 1.82) is 0 Å². The summed E-state index contributed by atoms with van der Waals surface area (Å²) in [5.74, 6) is -1.73. The summed E-state index contributed by atoms with van der Waals surface area (Å²) >= 11 is 1.74. The zero-order valence-corrected chi connectivity index (χ0v) is 26.8. The predicted octanol–water partition coefficient (Wildman–Crippen LogP) is 6.60. The molecule has 0 aliphatic carbocycles. The van der Waals surface area contributed by atoms with E-state index in [4.69, 9.17) is 19.9 Å². The molecule has 3 aromatic rings. The van der Waals surface area contributed by atoms with E-state index in [1.807, 2.05) is 45.0 Å². The summed E-state index contributed by atoms with van der Waals surface area (Å²) in [7, 11) is 0. The fourth-order valence-corrected chi connectivity index (χ4v) is 7.33. The standard InChI is InChI=1S/C34H34N4O4S.Fe/c1-6-20-17(2)24-13-25-18(3)21(7-9-32(39)40)27(35-25)15-28-22(8-10-33(41)42)19(4)26(36-28)14-30-23-11-12-43-34(23,5)31(38-30)16-29(20)37-24;/h6,11-16,23H,1,7-10H2,2-5H3,(H4,35,36,37,38,39,40,41,42);/q;+2/p-2. The number of carboxylic acid groups (broad SMARTS) is 2. The van der Waals surface area contributed by atoms with Gasteiger partial charge in [0.15, 0.2) is 0 Å². The van der Waals surface area contributed by atoms with Gasteiger partial charge in [0.25, 0.3) is 0 Å². The van der Waals surface area contributed by atoms with Crippen LogP contribution in [-0.2, 0) is 44.2 Å². The van der Waals surface area contributed by atoms with Crippen molar-refractivity contribution in [2.75, 3.05) is 0 Å². The van der Waals surface area contributed by atoms with Crippen molar-refractivity contribution in [3.63, 3.8) is 0 Å². The molecule has 0 radical (unpaired) electrons. The fourth-order valence-electron chi connectivity index (χ4n) is 6.25. The third-order valence-electron chi connectivity index (χ3n) is 8.82. The van der Waals surface area contributed by atoms with Gasteiger partial charge in [-0.1, -0.05) is 59.2 Å². The molecule has 3 aliphatic heterocycles. The van der Waals surface area contributed by atoms with Crippen molar-refractivity contribution >= 4 is 56.9 Å². The van der Waals surface area contributed by atoms with Crippen LogP contribution in [0, 0.1) is 13.8 Å². The van der Waals surface area contributed by atoms with Gasteiger partial charge in [-0.05, 0) is 57.6 Å². The largest absolute Gasteiger partial charge is 2.00 e. The van der Waals surface area contributed by atoms with Crippen LogP contribution >= 0.6 is 11.8 Å². The van der Waals surface area contributed by atoms with E-state index >= 15 is 0 Å². The molecule has 2 N–H and O–H groups in total. The summed E-state index contributed by atoms with van der Waals surface area (Å²) in [6, 6.07) is 7.89. The first-order valence-corrected chi connectivity index (χ1v) is 15.1. The zero-order chi connectivity index (χ0) is 30.6. The van der Waals surface area contributed by atoms with Crippen LogP contribution in [0.1, 0.15) is 77.6 Å². The first-order valence-electron chi connectivity index (χ1n) is 14.2. The van der Waals surface area contributed by atoms with E-state index in [0.717, 1.165) is 61.7 Å². The molecule has 44 heavy (non-hydrogen) atoms. The number of aliphatic carboxylic acids is 2. The second-order valence-electron chi connectivity index (χ2n) is 11.4. The Morgan fingerprint density at radius 2 is 1.50 bits per heavy atom. The molecule has 2 atom stereocenters. The van der Waals surface area contributed by atoms with Gasteiger partial charge in [-0.2, -0.15) is 0 Å². The fraction of sp³-hybridized carbons (Fsp3) is 0.294. The van der Waals surface area contributed by atoms with E-state index in [2.05, 4.69) is 31.1 Å². The van der Waals surface area contributed by atoms with Crippen LogP contribution in [0.2, 0.25) is 0 Å². The minimum Gasteiger partial charge on any atom is -0.657 e. The summed E-state index contributed by atoms with van der Waals surface area (Å²) in [6.45, 7) is 12.2. The maximum Gasteiger partial charge on any atom is 2.00 e. The molecule has 0 fully saturated rings. The molecule has 2 unspecified atom stereocenters. The Labute approximate surface area is 270 Å². The van der Waals surface area contributed by atoms with E-state index in [0.29, 0.717) is 29.4 Å². The number of aromatic nitrogens is 4. The van der Waals surface area contributed by atoms with Gasteiger partial charge in [0, 0.05) is 30.0 Å². The SMILES string of the molecule is C=CC1=C(C)c2cc3[n-]c(cc4[n-]c(cc5nc(cc1n2)C1(C)SC=CC51)c(C)c4CCC(=O)O)c(CCC(=O)O)c3C.[Fe+2]. The third-order valence-corrected chi connectivity index (χ3v) is 10.1. The quantitative estimate of drug-likeness (QED) is 0.273. The average molecular weight is 649 g/mol.